The third-order valence-corrected chi connectivity index (χ3v) is 5.05. The Morgan fingerprint density at radius 3 is 2.48 bits per heavy atom. The molecule has 0 aliphatic heterocycles. The van der Waals surface area contributed by atoms with Gasteiger partial charge in [0.25, 0.3) is 5.91 Å². The van der Waals surface area contributed by atoms with Crippen LogP contribution in [-0.2, 0) is 16.1 Å². The molecule has 0 spiro atoms. The predicted molar refractivity (Wildman–Crippen MR) is 116 cm³/mol. The van der Waals surface area contributed by atoms with Crippen LogP contribution >= 0.6 is 11.6 Å². The van der Waals surface area contributed by atoms with E-state index < -0.39 is 6.04 Å². The first-order valence-corrected chi connectivity index (χ1v) is 10.3. The first-order valence-electron chi connectivity index (χ1n) is 9.92. The summed E-state index contributed by atoms with van der Waals surface area (Å²) in [6.45, 7) is 6.44. The lowest BCUT2D eigenvalue weighted by molar-refractivity contribution is -0.142. The number of hydrogen-bond acceptors (Lipinski definition) is 3. The normalized spacial score (nSPS) is 11.6. The van der Waals surface area contributed by atoms with Crippen molar-refractivity contribution < 1.29 is 14.3 Å². The van der Waals surface area contributed by atoms with Crippen LogP contribution in [0.15, 0.2) is 48.5 Å². The van der Waals surface area contributed by atoms with Crippen LogP contribution in [0.25, 0.3) is 0 Å². The van der Waals surface area contributed by atoms with Crippen molar-refractivity contribution >= 4 is 23.4 Å². The maximum absolute atomic E-state index is 13.0. The molecule has 0 unspecified atom stereocenters. The fraction of sp³-hybridized carbons (Fsp3) is 0.391. The number of benzene rings is 2. The van der Waals surface area contributed by atoms with Crippen molar-refractivity contribution in [1.29, 1.82) is 0 Å². The number of amides is 2. The van der Waals surface area contributed by atoms with Crippen molar-refractivity contribution in [3.8, 4) is 5.75 Å². The van der Waals surface area contributed by atoms with E-state index in [0.717, 1.165) is 24.0 Å². The summed E-state index contributed by atoms with van der Waals surface area (Å²) in [6.07, 6.45) is 1.88. The molecule has 29 heavy (non-hydrogen) atoms. The number of ether oxygens (including phenoxy) is 1. The van der Waals surface area contributed by atoms with Crippen LogP contribution in [0.1, 0.15) is 37.8 Å². The molecular weight excluding hydrogens is 388 g/mol. The van der Waals surface area contributed by atoms with Gasteiger partial charge >= 0.3 is 0 Å². The summed E-state index contributed by atoms with van der Waals surface area (Å²) in [6, 6.07) is 14.2. The van der Waals surface area contributed by atoms with Crippen molar-refractivity contribution in [3.05, 3.63) is 64.7 Å². The molecule has 1 atom stereocenters. The molecule has 0 aromatic heterocycles. The number of nitrogens with one attached hydrogen (secondary N) is 1. The molecule has 5 nitrogen and oxygen atoms in total. The van der Waals surface area contributed by atoms with Gasteiger partial charge in [-0.25, -0.2) is 0 Å². The molecule has 6 heteroatoms. The topological polar surface area (TPSA) is 58.6 Å². The van der Waals surface area contributed by atoms with E-state index in [1.165, 1.54) is 4.90 Å². The molecule has 0 aliphatic rings. The molecule has 1 N–H and O–H groups in total. The summed E-state index contributed by atoms with van der Waals surface area (Å²) in [5.41, 5.74) is 1.90. The van der Waals surface area contributed by atoms with Gasteiger partial charge in [0.1, 0.15) is 11.8 Å². The summed E-state index contributed by atoms with van der Waals surface area (Å²) in [5, 5.41) is 3.45. The lowest BCUT2D eigenvalue weighted by Gasteiger charge is -2.29. The smallest absolute Gasteiger partial charge is 0.261 e. The number of hydrogen-bond donors (Lipinski definition) is 1. The molecule has 0 bridgehead atoms. The Morgan fingerprint density at radius 2 is 1.83 bits per heavy atom. The first-order chi connectivity index (χ1) is 13.9. The van der Waals surface area contributed by atoms with Gasteiger partial charge in [-0.2, -0.15) is 0 Å². The average molecular weight is 417 g/mol. The third kappa shape index (κ3) is 7.09. The molecule has 2 amide bonds. The van der Waals surface area contributed by atoms with E-state index in [1.54, 1.807) is 13.0 Å². The van der Waals surface area contributed by atoms with E-state index in [1.807, 2.05) is 49.4 Å². The highest BCUT2D eigenvalue weighted by molar-refractivity contribution is 6.31. The quantitative estimate of drug-likeness (QED) is 0.585. The second-order valence-electron chi connectivity index (χ2n) is 7.04. The van der Waals surface area contributed by atoms with Crippen LogP contribution in [0.4, 0.5) is 0 Å². The van der Waals surface area contributed by atoms with E-state index >= 15 is 0 Å². The highest BCUT2D eigenvalue weighted by Crippen LogP contribution is 2.19. The van der Waals surface area contributed by atoms with E-state index in [2.05, 4.69) is 12.2 Å². The molecule has 2 aromatic rings. The molecule has 0 aliphatic carbocycles. The van der Waals surface area contributed by atoms with Gasteiger partial charge in [0.2, 0.25) is 5.91 Å². The number of carbonyl (C=O) groups excluding carboxylic acids is 2. The zero-order valence-electron chi connectivity index (χ0n) is 17.3. The highest BCUT2D eigenvalue weighted by Gasteiger charge is 2.26. The third-order valence-electron chi connectivity index (χ3n) is 4.68. The fourth-order valence-electron chi connectivity index (χ4n) is 2.79. The summed E-state index contributed by atoms with van der Waals surface area (Å²) < 4.78 is 5.64. The standard InChI is InChI=1S/C23H29ClN2O3/c1-4-5-14-25-23(28)18(3)26(15-19-8-6-7-9-21(19)24)22(27)16-29-20-12-10-17(2)11-13-20/h6-13,18H,4-5,14-16H2,1-3H3,(H,25,28)/t18-/m0/s1. The van der Waals surface area contributed by atoms with E-state index in [0.29, 0.717) is 17.3 Å². The second-order valence-corrected chi connectivity index (χ2v) is 7.44. The van der Waals surface area contributed by atoms with Crippen molar-refractivity contribution in [1.82, 2.24) is 10.2 Å². The molecule has 0 radical (unpaired) electrons. The molecule has 0 saturated carbocycles. The van der Waals surface area contributed by atoms with Gasteiger partial charge in [-0.15, -0.1) is 0 Å². The van der Waals surface area contributed by atoms with Crippen molar-refractivity contribution in [3.63, 3.8) is 0 Å². The molecule has 0 saturated heterocycles. The van der Waals surface area contributed by atoms with Gasteiger partial charge in [0.15, 0.2) is 6.61 Å². The van der Waals surface area contributed by atoms with Crippen LogP contribution in [0.5, 0.6) is 5.75 Å². The average Bonchev–Trinajstić information content (AvgIpc) is 2.72. The number of unbranched alkanes of at least 4 members (excludes halogenated alkanes) is 1. The number of nitrogens with zero attached hydrogens (tertiary/aromatic N) is 1. The zero-order valence-corrected chi connectivity index (χ0v) is 18.0. The molecular formula is C23H29ClN2O3. The lowest BCUT2D eigenvalue weighted by Crippen LogP contribution is -2.49. The van der Waals surface area contributed by atoms with E-state index in [9.17, 15) is 9.59 Å². The molecule has 0 heterocycles. The number of carbonyl (C=O) groups is 2. The number of aryl methyl sites for hydroxylation is 1. The Kier molecular flexibility index (Phi) is 9.00. The van der Waals surface area contributed by atoms with Crippen LogP contribution in [0.3, 0.4) is 0 Å². The van der Waals surface area contributed by atoms with Gasteiger partial charge in [-0.05, 0) is 44.0 Å². The van der Waals surface area contributed by atoms with Crippen LogP contribution < -0.4 is 10.1 Å². The molecule has 156 valence electrons. The zero-order chi connectivity index (χ0) is 21.2. The molecule has 2 rings (SSSR count). The van der Waals surface area contributed by atoms with Gasteiger partial charge in [-0.3, -0.25) is 9.59 Å². The SMILES string of the molecule is CCCCNC(=O)[C@H](C)N(Cc1ccccc1Cl)C(=O)COc1ccc(C)cc1. The summed E-state index contributed by atoms with van der Waals surface area (Å²) >= 11 is 6.28. The number of rotatable bonds is 10. The minimum atomic E-state index is -0.641. The summed E-state index contributed by atoms with van der Waals surface area (Å²) in [5.74, 6) is 0.152. The monoisotopic (exact) mass is 416 g/mol. The van der Waals surface area contributed by atoms with Crippen molar-refractivity contribution in [2.45, 2.75) is 46.2 Å². The van der Waals surface area contributed by atoms with Gasteiger partial charge in [0, 0.05) is 18.1 Å². The minimum Gasteiger partial charge on any atom is -0.484 e. The van der Waals surface area contributed by atoms with Crippen LogP contribution in [0, 0.1) is 6.92 Å². The Bertz CT molecular complexity index is 808. The van der Waals surface area contributed by atoms with E-state index in [4.69, 9.17) is 16.3 Å². The van der Waals surface area contributed by atoms with Gasteiger partial charge in [0.05, 0.1) is 0 Å². The summed E-state index contributed by atoms with van der Waals surface area (Å²) in [4.78, 5) is 27.0. The van der Waals surface area contributed by atoms with Gasteiger partial charge in [-0.1, -0.05) is 60.8 Å². The Morgan fingerprint density at radius 1 is 1.14 bits per heavy atom. The van der Waals surface area contributed by atoms with Crippen LogP contribution in [-0.4, -0.2) is 35.9 Å². The van der Waals surface area contributed by atoms with Crippen LogP contribution in [0.2, 0.25) is 5.02 Å². The minimum absolute atomic E-state index is 0.153. The second kappa shape index (κ2) is 11.5. The van der Waals surface area contributed by atoms with Crippen molar-refractivity contribution in [2.24, 2.45) is 0 Å². The predicted octanol–water partition coefficient (Wildman–Crippen LogP) is 4.36. The largest absolute Gasteiger partial charge is 0.484 e. The highest BCUT2D eigenvalue weighted by atomic mass is 35.5. The molecule has 2 aromatic carbocycles. The maximum atomic E-state index is 13.0. The Hall–Kier alpha value is -2.53. The van der Waals surface area contributed by atoms with E-state index in [-0.39, 0.29) is 25.0 Å². The number of halogens is 1. The molecule has 0 fully saturated rings. The Balaban J connectivity index is 2.11. The lowest BCUT2D eigenvalue weighted by atomic mass is 10.1. The first kappa shape index (κ1) is 22.8. The summed E-state index contributed by atoms with van der Waals surface area (Å²) in [7, 11) is 0. The maximum Gasteiger partial charge on any atom is 0.261 e. The van der Waals surface area contributed by atoms with Crippen molar-refractivity contribution in [2.75, 3.05) is 13.2 Å². The fourth-order valence-corrected chi connectivity index (χ4v) is 2.99. The van der Waals surface area contributed by atoms with Gasteiger partial charge < -0.3 is 15.0 Å². The Labute approximate surface area is 178 Å².